The van der Waals surface area contributed by atoms with Gasteiger partial charge in [-0.3, -0.25) is 4.79 Å². The van der Waals surface area contributed by atoms with Crippen molar-refractivity contribution in [3.8, 4) is 0 Å². The number of primary amides is 1. The molecule has 0 fully saturated rings. The first kappa shape index (κ1) is 14.1. The number of nitrogens with two attached hydrogens (primary N) is 1. The fraction of sp³-hybridized carbons (Fsp3) is 0.214. The number of nitrogens with one attached hydrogen (secondary N) is 1. The molecule has 5 heteroatoms. The number of carbonyl (C=O) groups excluding carboxylic acids is 1. The largest absolute Gasteiger partial charge is 0.366 e. The Hall–Kier alpha value is -1.36. The zero-order chi connectivity index (χ0) is 13.8. The van der Waals surface area contributed by atoms with Gasteiger partial charge in [-0.15, -0.1) is 11.3 Å². The Balaban J connectivity index is 1.96. The molecule has 0 bridgehead atoms. The van der Waals surface area contributed by atoms with Gasteiger partial charge < -0.3 is 11.1 Å². The zero-order valence-electron chi connectivity index (χ0n) is 10.5. The molecule has 1 heterocycles. The van der Waals surface area contributed by atoms with E-state index in [4.69, 9.17) is 17.3 Å². The second-order valence-corrected chi connectivity index (χ2v) is 5.76. The van der Waals surface area contributed by atoms with E-state index >= 15 is 0 Å². The van der Waals surface area contributed by atoms with E-state index in [9.17, 15) is 4.79 Å². The van der Waals surface area contributed by atoms with Gasteiger partial charge in [0.15, 0.2) is 0 Å². The van der Waals surface area contributed by atoms with Crippen LogP contribution in [0.15, 0.2) is 35.7 Å². The molecule has 3 nitrogen and oxygen atoms in total. The lowest BCUT2D eigenvalue weighted by Crippen LogP contribution is -2.17. The third-order valence-corrected chi connectivity index (χ3v) is 4.04. The summed E-state index contributed by atoms with van der Waals surface area (Å²) in [6, 6.07) is 9.79. The van der Waals surface area contributed by atoms with E-state index in [1.54, 1.807) is 5.38 Å². The van der Waals surface area contributed by atoms with Crippen molar-refractivity contribution in [2.75, 3.05) is 0 Å². The van der Waals surface area contributed by atoms with Gasteiger partial charge in [0.1, 0.15) is 0 Å². The maximum Gasteiger partial charge on any atom is 0.249 e. The first-order chi connectivity index (χ1) is 9.06. The van der Waals surface area contributed by atoms with Gasteiger partial charge in [-0.1, -0.05) is 23.7 Å². The minimum atomic E-state index is -0.384. The van der Waals surface area contributed by atoms with Gasteiger partial charge >= 0.3 is 0 Å². The van der Waals surface area contributed by atoms with Gasteiger partial charge in [-0.05, 0) is 30.7 Å². The standard InChI is InChI=1S/C14H15ClN2OS/c1-9(10-3-2-4-12(15)5-10)17-7-13-6-11(8-19-13)14(16)18/h2-6,8-9,17H,7H2,1H3,(H2,16,18). The molecule has 0 saturated carbocycles. The van der Waals surface area contributed by atoms with Crippen LogP contribution in [-0.4, -0.2) is 5.91 Å². The Kier molecular flexibility index (Phi) is 4.58. The predicted molar refractivity (Wildman–Crippen MR) is 79.5 cm³/mol. The second-order valence-electron chi connectivity index (χ2n) is 4.32. The Morgan fingerprint density at radius 1 is 1.47 bits per heavy atom. The molecule has 0 aliphatic heterocycles. The Morgan fingerprint density at radius 3 is 2.89 bits per heavy atom. The summed E-state index contributed by atoms with van der Waals surface area (Å²) in [4.78, 5) is 12.1. The highest BCUT2D eigenvalue weighted by molar-refractivity contribution is 7.10. The number of benzene rings is 1. The Morgan fingerprint density at radius 2 is 2.26 bits per heavy atom. The highest BCUT2D eigenvalue weighted by Crippen LogP contribution is 2.19. The quantitative estimate of drug-likeness (QED) is 0.888. The molecule has 0 aliphatic carbocycles. The molecule has 100 valence electrons. The molecule has 19 heavy (non-hydrogen) atoms. The molecular weight excluding hydrogens is 280 g/mol. The number of hydrogen-bond donors (Lipinski definition) is 2. The van der Waals surface area contributed by atoms with Crippen LogP contribution < -0.4 is 11.1 Å². The van der Waals surface area contributed by atoms with Crippen molar-refractivity contribution in [3.63, 3.8) is 0 Å². The van der Waals surface area contributed by atoms with Gasteiger partial charge in [0, 0.05) is 27.9 Å². The molecule has 0 aliphatic rings. The van der Waals surface area contributed by atoms with Crippen LogP contribution in [0.1, 0.15) is 33.8 Å². The average molecular weight is 295 g/mol. The summed E-state index contributed by atoms with van der Waals surface area (Å²) < 4.78 is 0. The van der Waals surface area contributed by atoms with E-state index in [2.05, 4.69) is 12.2 Å². The van der Waals surface area contributed by atoms with Gasteiger partial charge in [-0.25, -0.2) is 0 Å². The average Bonchev–Trinajstić information content (AvgIpc) is 2.85. The number of halogens is 1. The van der Waals surface area contributed by atoms with Gasteiger partial charge in [0.05, 0.1) is 5.56 Å². The lowest BCUT2D eigenvalue weighted by molar-refractivity contribution is 0.100. The van der Waals surface area contributed by atoms with Crippen LogP contribution in [0.4, 0.5) is 0 Å². The molecule has 1 aromatic heterocycles. The topological polar surface area (TPSA) is 55.1 Å². The number of amides is 1. The van der Waals surface area contributed by atoms with Crippen LogP contribution in [0.25, 0.3) is 0 Å². The molecule has 1 unspecified atom stereocenters. The van der Waals surface area contributed by atoms with E-state index in [0.717, 1.165) is 15.5 Å². The first-order valence-corrected chi connectivity index (χ1v) is 7.18. The van der Waals surface area contributed by atoms with Crippen LogP contribution in [0.2, 0.25) is 5.02 Å². The first-order valence-electron chi connectivity index (χ1n) is 5.92. The smallest absolute Gasteiger partial charge is 0.249 e. The predicted octanol–water partition coefficient (Wildman–Crippen LogP) is 3.35. The van der Waals surface area contributed by atoms with Crippen molar-refractivity contribution in [1.82, 2.24) is 5.32 Å². The molecule has 0 saturated heterocycles. The fourth-order valence-electron chi connectivity index (χ4n) is 1.75. The molecule has 1 aromatic carbocycles. The summed E-state index contributed by atoms with van der Waals surface area (Å²) in [5.74, 6) is -0.384. The van der Waals surface area contributed by atoms with Crippen molar-refractivity contribution < 1.29 is 4.79 Å². The van der Waals surface area contributed by atoms with Crippen LogP contribution in [0.3, 0.4) is 0 Å². The molecule has 1 atom stereocenters. The van der Waals surface area contributed by atoms with E-state index in [0.29, 0.717) is 12.1 Å². The van der Waals surface area contributed by atoms with Crippen LogP contribution in [-0.2, 0) is 6.54 Å². The number of hydrogen-bond acceptors (Lipinski definition) is 3. The van der Waals surface area contributed by atoms with Crippen LogP contribution in [0, 0.1) is 0 Å². The van der Waals surface area contributed by atoms with Crippen molar-refractivity contribution in [2.24, 2.45) is 5.73 Å². The molecule has 3 N–H and O–H groups in total. The summed E-state index contributed by atoms with van der Waals surface area (Å²) in [7, 11) is 0. The van der Waals surface area contributed by atoms with Crippen molar-refractivity contribution in [2.45, 2.75) is 19.5 Å². The van der Waals surface area contributed by atoms with Crippen molar-refractivity contribution >= 4 is 28.8 Å². The van der Waals surface area contributed by atoms with E-state index in [-0.39, 0.29) is 11.9 Å². The lowest BCUT2D eigenvalue weighted by atomic mass is 10.1. The molecule has 0 spiro atoms. The summed E-state index contributed by atoms with van der Waals surface area (Å²) in [6.45, 7) is 2.78. The Bertz CT molecular complexity index is 582. The highest BCUT2D eigenvalue weighted by Gasteiger charge is 2.08. The summed E-state index contributed by atoms with van der Waals surface area (Å²) in [5.41, 5.74) is 6.93. The number of carbonyl (C=O) groups is 1. The normalized spacial score (nSPS) is 12.3. The minimum absolute atomic E-state index is 0.192. The SMILES string of the molecule is CC(NCc1cc(C(N)=O)cs1)c1cccc(Cl)c1. The summed E-state index contributed by atoms with van der Waals surface area (Å²) >= 11 is 7.50. The summed E-state index contributed by atoms with van der Waals surface area (Å²) in [6.07, 6.45) is 0. The van der Waals surface area contributed by atoms with E-state index < -0.39 is 0 Å². The maximum atomic E-state index is 11.0. The van der Waals surface area contributed by atoms with Gasteiger partial charge in [0.2, 0.25) is 5.91 Å². The van der Waals surface area contributed by atoms with Gasteiger partial charge in [0.25, 0.3) is 0 Å². The third-order valence-electron chi connectivity index (χ3n) is 2.87. The van der Waals surface area contributed by atoms with E-state index in [1.165, 1.54) is 11.3 Å². The lowest BCUT2D eigenvalue weighted by Gasteiger charge is -2.13. The summed E-state index contributed by atoms with van der Waals surface area (Å²) in [5, 5.41) is 5.91. The monoisotopic (exact) mass is 294 g/mol. The van der Waals surface area contributed by atoms with Gasteiger partial charge in [-0.2, -0.15) is 0 Å². The highest BCUT2D eigenvalue weighted by atomic mass is 35.5. The third kappa shape index (κ3) is 3.80. The maximum absolute atomic E-state index is 11.0. The molecule has 2 aromatic rings. The van der Waals surface area contributed by atoms with E-state index in [1.807, 2.05) is 30.3 Å². The molecule has 0 radical (unpaired) electrons. The number of thiophene rings is 1. The van der Waals surface area contributed by atoms with Crippen molar-refractivity contribution in [3.05, 3.63) is 56.7 Å². The zero-order valence-corrected chi connectivity index (χ0v) is 12.1. The minimum Gasteiger partial charge on any atom is -0.366 e. The molecule has 2 rings (SSSR count). The van der Waals surface area contributed by atoms with Crippen LogP contribution >= 0.6 is 22.9 Å². The Labute approximate surface area is 121 Å². The molecular formula is C14H15ClN2OS. The van der Waals surface area contributed by atoms with Crippen LogP contribution in [0.5, 0.6) is 0 Å². The molecule has 1 amide bonds. The second kappa shape index (κ2) is 6.19. The number of rotatable bonds is 5. The van der Waals surface area contributed by atoms with Crippen molar-refractivity contribution in [1.29, 1.82) is 0 Å². The fourth-order valence-corrected chi connectivity index (χ4v) is 2.77.